The summed E-state index contributed by atoms with van der Waals surface area (Å²) < 4.78 is 33.5. The predicted molar refractivity (Wildman–Crippen MR) is 124 cm³/mol. The molecule has 4 aromatic rings. The van der Waals surface area contributed by atoms with Crippen molar-refractivity contribution in [1.29, 1.82) is 5.26 Å². The minimum Gasteiger partial charge on any atom is -0.475 e. The predicted octanol–water partition coefficient (Wildman–Crippen LogP) is 3.61. The van der Waals surface area contributed by atoms with Crippen molar-refractivity contribution in [1.82, 2.24) is 29.6 Å². The summed E-state index contributed by atoms with van der Waals surface area (Å²) in [4.78, 5) is 34.8. The van der Waals surface area contributed by atoms with Crippen LogP contribution in [-0.2, 0) is 10.3 Å². The summed E-state index contributed by atoms with van der Waals surface area (Å²) in [5, 5.41) is 24.8. The topological polar surface area (TPSA) is 153 Å². The second-order valence-corrected chi connectivity index (χ2v) is 8.15. The van der Waals surface area contributed by atoms with Gasteiger partial charge in [-0.05, 0) is 18.2 Å². The normalized spacial score (nSPS) is 14.2. The van der Waals surface area contributed by atoms with Crippen molar-refractivity contribution in [2.45, 2.75) is 18.1 Å². The molecule has 2 amide bonds. The Kier molecular flexibility index (Phi) is 6.79. The molecular weight excluding hydrogens is 493 g/mol. The first kappa shape index (κ1) is 25.2. The molecule has 1 fully saturated rings. The molecule has 0 unspecified atom stereocenters. The van der Waals surface area contributed by atoms with Crippen LogP contribution < -0.4 is 5.32 Å². The number of hydrogen-bond acceptors (Lipinski definition) is 6. The molecule has 1 saturated heterocycles. The van der Waals surface area contributed by atoms with E-state index in [0.717, 1.165) is 28.0 Å². The molecule has 4 heterocycles. The fourth-order valence-electron chi connectivity index (χ4n) is 3.82. The lowest BCUT2D eigenvalue weighted by Crippen LogP contribution is -2.65. The number of hydrogen-bond donors (Lipinski definition) is 3. The molecule has 0 aliphatic carbocycles. The molecule has 37 heavy (non-hydrogen) atoms. The molecule has 1 aromatic carbocycles. The summed E-state index contributed by atoms with van der Waals surface area (Å²) in [5.74, 6) is -2.76. The Morgan fingerprint density at radius 1 is 1.19 bits per heavy atom. The first-order valence-corrected chi connectivity index (χ1v) is 10.7. The summed E-state index contributed by atoms with van der Waals surface area (Å²) in [6.07, 6.45) is 2.13. The maximum Gasteiger partial charge on any atom is 0.490 e. The van der Waals surface area contributed by atoms with Crippen LogP contribution in [0.25, 0.3) is 22.3 Å². The number of amides is 2. The monoisotopic (exact) mass is 512 g/mol. The number of halogens is 3. The number of aliphatic carboxylic acids is 1. The summed E-state index contributed by atoms with van der Waals surface area (Å²) in [6, 6.07) is 13.3. The van der Waals surface area contributed by atoms with E-state index in [0.29, 0.717) is 13.1 Å². The number of carbonyl (C=O) groups is 2. The van der Waals surface area contributed by atoms with Crippen LogP contribution in [0, 0.1) is 11.3 Å². The zero-order chi connectivity index (χ0) is 26.6. The average molecular weight is 512 g/mol. The number of carboxylic acid groups (broad SMARTS) is 1. The van der Waals surface area contributed by atoms with Gasteiger partial charge in [0.1, 0.15) is 17.5 Å². The first-order valence-electron chi connectivity index (χ1n) is 10.7. The number of nitriles is 1. The summed E-state index contributed by atoms with van der Waals surface area (Å²) in [5.41, 5.74) is 2.56. The number of para-hydroxylation sites is 1. The van der Waals surface area contributed by atoms with E-state index in [-0.39, 0.29) is 12.5 Å². The van der Waals surface area contributed by atoms with Crippen molar-refractivity contribution in [2.75, 3.05) is 18.4 Å². The molecule has 0 saturated carbocycles. The number of carboxylic acids is 1. The summed E-state index contributed by atoms with van der Waals surface area (Å²) in [6.45, 7) is 0.813. The number of aromatic amines is 1. The van der Waals surface area contributed by atoms with Crippen LogP contribution in [0.1, 0.15) is 6.42 Å². The molecule has 190 valence electrons. The number of H-pyrrole nitrogens is 1. The number of nitrogens with one attached hydrogen (secondary N) is 2. The van der Waals surface area contributed by atoms with Crippen LogP contribution >= 0.6 is 0 Å². The zero-order valence-electron chi connectivity index (χ0n) is 19.0. The van der Waals surface area contributed by atoms with Gasteiger partial charge in [-0.25, -0.2) is 19.6 Å². The number of urea groups is 1. The lowest BCUT2D eigenvalue weighted by atomic mass is 9.87. The lowest BCUT2D eigenvalue weighted by Gasteiger charge is -2.48. The molecule has 5 rings (SSSR count). The van der Waals surface area contributed by atoms with Crippen molar-refractivity contribution in [3.8, 4) is 17.3 Å². The van der Waals surface area contributed by atoms with Gasteiger partial charge in [0, 0.05) is 29.0 Å². The third kappa shape index (κ3) is 5.35. The van der Waals surface area contributed by atoms with E-state index in [2.05, 4.69) is 31.4 Å². The van der Waals surface area contributed by atoms with Gasteiger partial charge >= 0.3 is 18.2 Å². The Bertz CT molecular complexity index is 1450. The Morgan fingerprint density at radius 2 is 1.89 bits per heavy atom. The number of aromatic nitrogens is 5. The number of anilines is 1. The van der Waals surface area contributed by atoms with Gasteiger partial charge < -0.3 is 20.3 Å². The molecule has 14 heteroatoms. The highest BCUT2D eigenvalue weighted by molar-refractivity contribution is 5.91. The van der Waals surface area contributed by atoms with Gasteiger partial charge in [0.25, 0.3) is 0 Å². The van der Waals surface area contributed by atoms with Crippen LogP contribution in [0.15, 0.2) is 61.3 Å². The first-order chi connectivity index (χ1) is 17.6. The van der Waals surface area contributed by atoms with E-state index in [1.807, 2.05) is 48.8 Å². The van der Waals surface area contributed by atoms with E-state index in [1.54, 1.807) is 15.8 Å². The molecule has 0 radical (unpaired) electrons. The van der Waals surface area contributed by atoms with Gasteiger partial charge in [0.05, 0.1) is 37.5 Å². The molecule has 11 nitrogen and oxygen atoms in total. The van der Waals surface area contributed by atoms with E-state index in [9.17, 15) is 23.2 Å². The highest BCUT2D eigenvalue weighted by atomic mass is 19.4. The third-order valence-electron chi connectivity index (χ3n) is 5.63. The van der Waals surface area contributed by atoms with Crippen molar-refractivity contribution in [2.24, 2.45) is 0 Å². The molecule has 1 aliphatic heterocycles. The van der Waals surface area contributed by atoms with Crippen molar-refractivity contribution < 1.29 is 27.9 Å². The van der Waals surface area contributed by atoms with Crippen LogP contribution in [0.4, 0.5) is 23.7 Å². The summed E-state index contributed by atoms with van der Waals surface area (Å²) >= 11 is 0. The van der Waals surface area contributed by atoms with Gasteiger partial charge in [-0.1, -0.05) is 18.2 Å². The number of fused-ring (bicyclic) bond motifs is 1. The SMILES string of the molecule is N#CCC1(n2cc(-c3ncnc4[nH]ccc34)cn2)CN(C(=O)Nc2ccccc2)C1.O=C(O)C(F)(F)F. The fraction of sp³-hybridized carbons (Fsp3) is 0.217. The Hall–Kier alpha value is -4.93. The molecule has 0 bridgehead atoms. The zero-order valence-corrected chi connectivity index (χ0v) is 19.0. The van der Waals surface area contributed by atoms with Gasteiger partial charge in [-0.2, -0.15) is 23.5 Å². The van der Waals surface area contributed by atoms with E-state index >= 15 is 0 Å². The summed E-state index contributed by atoms with van der Waals surface area (Å²) in [7, 11) is 0. The van der Waals surface area contributed by atoms with Crippen molar-refractivity contribution in [3.63, 3.8) is 0 Å². The van der Waals surface area contributed by atoms with Gasteiger partial charge in [0.2, 0.25) is 0 Å². The minimum atomic E-state index is -5.08. The Morgan fingerprint density at radius 3 is 2.54 bits per heavy atom. The van der Waals surface area contributed by atoms with Crippen LogP contribution in [0.5, 0.6) is 0 Å². The Balaban J connectivity index is 0.000000405. The Labute approximate surface area is 207 Å². The largest absolute Gasteiger partial charge is 0.490 e. The van der Waals surface area contributed by atoms with Crippen LogP contribution in [0.3, 0.4) is 0 Å². The average Bonchev–Trinajstić information content (AvgIpc) is 3.51. The maximum absolute atomic E-state index is 12.5. The molecule has 3 aromatic heterocycles. The molecule has 3 N–H and O–H groups in total. The van der Waals surface area contributed by atoms with Crippen molar-refractivity contribution in [3.05, 3.63) is 61.3 Å². The van der Waals surface area contributed by atoms with Gasteiger partial charge in [-0.3, -0.25) is 4.68 Å². The number of alkyl halides is 3. The number of carbonyl (C=O) groups excluding carboxylic acids is 1. The minimum absolute atomic E-state index is 0.188. The fourth-order valence-corrected chi connectivity index (χ4v) is 3.82. The number of benzene rings is 1. The van der Waals surface area contributed by atoms with E-state index < -0.39 is 17.7 Å². The van der Waals surface area contributed by atoms with E-state index in [4.69, 9.17) is 9.90 Å². The van der Waals surface area contributed by atoms with Crippen molar-refractivity contribution >= 4 is 28.7 Å². The molecule has 0 spiro atoms. The highest BCUT2D eigenvalue weighted by Crippen LogP contribution is 2.34. The molecule has 0 atom stereocenters. The number of nitrogens with zero attached hydrogens (tertiary/aromatic N) is 6. The highest BCUT2D eigenvalue weighted by Gasteiger charge is 2.47. The van der Waals surface area contributed by atoms with Gasteiger partial charge in [-0.15, -0.1) is 0 Å². The third-order valence-corrected chi connectivity index (χ3v) is 5.63. The lowest BCUT2D eigenvalue weighted by molar-refractivity contribution is -0.192. The van der Waals surface area contributed by atoms with Crippen LogP contribution in [-0.4, -0.2) is 66.0 Å². The second kappa shape index (κ2) is 9.97. The number of rotatable bonds is 4. The molecular formula is C23H19F3N8O3. The smallest absolute Gasteiger partial charge is 0.475 e. The van der Waals surface area contributed by atoms with E-state index in [1.165, 1.54) is 6.33 Å². The van der Waals surface area contributed by atoms with Gasteiger partial charge in [0.15, 0.2) is 0 Å². The maximum atomic E-state index is 12.5. The number of likely N-dealkylation sites (tertiary alicyclic amines) is 1. The van der Waals surface area contributed by atoms with Crippen LogP contribution in [0.2, 0.25) is 0 Å². The second-order valence-electron chi connectivity index (χ2n) is 8.15. The molecule has 1 aliphatic rings. The standard InChI is InChI=1S/C21H18N8O.C2HF3O2/c22-8-7-21(12-28(13-21)20(30)27-16-4-2-1-3-5-16)29-11-15(10-26-29)18-17-6-9-23-19(17)25-14-24-18;3-2(4,5)1(6)7/h1-6,9-11,14H,7,12-13H2,(H,27,30)(H,23,24,25);(H,6,7). The quantitative estimate of drug-likeness (QED) is 0.378.